The molecule has 0 aliphatic rings. The second-order valence-electron chi connectivity index (χ2n) is 13.7. The average molecular weight is 1030 g/mol. The number of alkyl halides is 1. The highest BCUT2D eigenvalue weighted by Crippen LogP contribution is 2.28. The lowest BCUT2D eigenvalue weighted by molar-refractivity contribution is -0.384. The number of hydrogen-bond donors (Lipinski definition) is 4. The number of tetrazole rings is 2. The Morgan fingerprint density at radius 3 is 1.64 bits per heavy atom. The summed E-state index contributed by atoms with van der Waals surface area (Å²) in [6.07, 6.45) is 0. The van der Waals surface area contributed by atoms with E-state index in [1.54, 1.807) is 45.8 Å². The quantitative estimate of drug-likeness (QED) is 0.0234. The van der Waals surface area contributed by atoms with Crippen LogP contribution in [0, 0.1) is 35.1 Å². The Morgan fingerprint density at radius 1 is 0.638 bits per heavy atom. The minimum absolute atomic E-state index is 0.00279. The summed E-state index contributed by atoms with van der Waals surface area (Å²) in [7, 11) is 0. The van der Waals surface area contributed by atoms with Crippen LogP contribution in [-0.2, 0) is 9.59 Å². The molecule has 5 N–H and O–H groups in total. The number of hydrogen-bond acceptors (Lipinski definition) is 16. The van der Waals surface area contributed by atoms with Crippen molar-refractivity contribution in [1.29, 1.82) is 0 Å². The topological polar surface area (TPSA) is 304 Å². The van der Waals surface area contributed by atoms with Gasteiger partial charge in [0, 0.05) is 29.0 Å². The third-order valence-corrected chi connectivity index (χ3v) is 10.9. The number of nitrogens with one attached hydrogen (secondary N) is 3. The van der Waals surface area contributed by atoms with Crippen molar-refractivity contribution in [3.63, 3.8) is 0 Å². The van der Waals surface area contributed by atoms with Gasteiger partial charge in [-0.05, 0) is 63.7 Å². The van der Waals surface area contributed by atoms with Crippen molar-refractivity contribution in [3.05, 3.63) is 193 Å². The fourth-order valence-corrected chi connectivity index (χ4v) is 7.21. The van der Waals surface area contributed by atoms with Gasteiger partial charge in [0.25, 0.3) is 17.1 Å². The van der Waals surface area contributed by atoms with Gasteiger partial charge in [-0.3, -0.25) is 39.9 Å². The average Bonchev–Trinajstić information content (AvgIpc) is 4.02. The molecule has 2 aromatic heterocycles. The highest BCUT2D eigenvalue weighted by atomic mass is 79.9. The molecule has 2 amide bonds. The number of nitro groups is 3. The maximum Gasteiger partial charge on any atom is 0.292 e. The molecule has 0 unspecified atom stereocenters. The first-order valence-electron chi connectivity index (χ1n) is 19.8. The number of benzene rings is 7. The first-order chi connectivity index (χ1) is 33.4. The number of nitrogens with zero attached hydrogens (tertiary/aromatic N) is 10. The van der Waals surface area contributed by atoms with E-state index in [9.17, 15) is 39.9 Å². The molecule has 7 aromatic carbocycles. The van der Waals surface area contributed by atoms with E-state index < -0.39 is 20.7 Å². The van der Waals surface area contributed by atoms with Crippen molar-refractivity contribution >= 4 is 107 Å². The van der Waals surface area contributed by atoms with E-state index in [2.05, 4.69) is 69.7 Å². The standard InChI is InChI=1S/C19H14N6O3S.C11H8N4S.C8H7BrN2O3.C6H6N2O2/c26-18(20-15-9-3-4-10-17(15)25(27)28)12-29-19-21-22-23-24(19)16-11-5-7-13-6-1-2-8-14(13)16;16-11-12-13-14-15(11)10-7-3-5-8-4-1-2-6-9(8)10;9-5-8(12)10-6-3-1-2-4-7(6)11(13)14;7-5-3-1-2-4-6(5)8(9)10/h1-11H,12H2,(H,20,26);1-7H,(H,12,14,16);1-4H,5H2,(H,10,12);1-4H,7H2. The molecule has 2 heterocycles. The molecule has 0 aliphatic heterocycles. The monoisotopic (exact) mass is 1030 g/mol. The van der Waals surface area contributed by atoms with Crippen LogP contribution in [0.4, 0.5) is 34.1 Å². The zero-order chi connectivity index (χ0) is 49.3. The first-order valence-corrected chi connectivity index (χ1v) is 22.4. The zero-order valence-corrected chi connectivity index (χ0v) is 38.7. The molecule has 0 saturated heterocycles. The van der Waals surface area contributed by atoms with Gasteiger partial charge in [-0.1, -0.05) is 147 Å². The number of H-pyrrole nitrogens is 1. The fraction of sp³-hybridized carbons (Fsp3) is 0.0455. The number of aromatic nitrogens is 8. The zero-order valence-electron chi connectivity index (χ0n) is 35.4. The van der Waals surface area contributed by atoms with Gasteiger partial charge in [-0.25, -0.2) is 4.68 Å². The maximum atomic E-state index is 12.3. The van der Waals surface area contributed by atoms with E-state index in [-0.39, 0.29) is 51.1 Å². The van der Waals surface area contributed by atoms with Crippen LogP contribution in [0.2, 0.25) is 0 Å². The van der Waals surface area contributed by atoms with Crippen molar-refractivity contribution in [3.8, 4) is 11.4 Å². The summed E-state index contributed by atoms with van der Waals surface area (Å²) < 4.78 is 3.69. The fourth-order valence-electron chi connectivity index (χ4n) is 6.20. The smallest absolute Gasteiger partial charge is 0.292 e. The summed E-state index contributed by atoms with van der Waals surface area (Å²) >= 11 is 9.18. The Labute approximate surface area is 407 Å². The number of amides is 2. The van der Waals surface area contributed by atoms with Crippen LogP contribution in [0.25, 0.3) is 32.9 Å². The SMILES string of the molecule is Nc1ccccc1[N+](=O)[O-].O=C(CBr)Nc1ccccc1[N+](=O)[O-].O=C(CSc1nnnn1-c1cccc2ccccc12)Nc1ccccc1[N+](=O)[O-].S=c1nn[nH]n1-c1cccc2ccccc12. The minimum atomic E-state index is -0.538. The number of thioether (sulfide) groups is 1. The molecule has 9 rings (SSSR count). The Balaban J connectivity index is 0.000000165. The summed E-state index contributed by atoms with van der Waals surface area (Å²) in [6, 6.07) is 45.9. The first kappa shape index (κ1) is 49.6. The number of para-hydroxylation sites is 6. The molecule has 22 nitrogen and oxygen atoms in total. The third kappa shape index (κ3) is 13.2. The van der Waals surface area contributed by atoms with E-state index in [1.165, 1.54) is 36.4 Å². The number of nitrogen functional groups attached to an aromatic ring is 1. The lowest BCUT2D eigenvalue weighted by Crippen LogP contribution is -2.15. The predicted molar refractivity (Wildman–Crippen MR) is 266 cm³/mol. The molecule has 25 heteroatoms. The summed E-state index contributed by atoms with van der Waals surface area (Å²) in [5, 5.41) is 63.6. The van der Waals surface area contributed by atoms with Crippen LogP contribution in [0.1, 0.15) is 0 Å². The maximum absolute atomic E-state index is 12.3. The molecular weight excluding hydrogens is 997 g/mol. The normalized spacial score (nSPS) is 10.3. The van der Waals surface area contributed by atoms with E-state index in [0.717, 1.165) is 44.7 Å². The number of rotatable bonds is 11. The highest BCUT2D eigenvalue weighted by molar-refractivity contribution is 9.09. The van der Waals surface area contributed by atoms with E-state index in [4.69, 9.17) is 18.0 Å². The molecule has 0 saturated carbocycles. The van der Waals surface area contributed by atoms with Gasteiger partial charge in [-0.15, -0.1) is 5.10 Å². The predicted octanol–water partition coefficient (Wildman–Crippen LogP) is 9.04. The molecular formula is C44H35BrN14O8S2. The van der Waals surface area contributed by atoms with Gasteiger partial charge < -0.3 is 16.4 Å². The van der Waals surface area contributed by atoms with Gasteiger partial charge >= 0.3 is 0 Å². The summed E-state index contributed by atoms with van der Waals surface area (Å²) in [5.41, 5.74) is 7.30. The number of fused-ring (bicyclic) bond motifs is 2. The molecule has 0 aliphatic carbocycles. The number of nitrogens with two attached hydrogens (primary N) is 1. The highest BCUT2D eigenvalue weighted by Gasteiger charge is 2.18. The molecule has 0 bridgehead atoms. The second kappa shape index (κ2) is 24.1. The van der Waals surface area contributed by atoms with Crippen molar-refractivity contribution in [2.75, 3.05) is 27.5 Å². The Morgan fingerprint density at radius 2 is 1.12 bits per heavy atom. The molecule has 348 valence electrons. The van der Waals surface area contributed by atoms with Crippen molar-refractivity contribution in [1.82, 2.24) is 40.4 Å². The van der Waals surface area contributed by atoms with Gasteiger partial charge in [0.15, 0.2) is 0 Å². The molecule has 0 fully saturated rings. The van der Waals surface area contributed by atoms with Crippen LogP contribution in [0.3, 0.4) is 0 Å². The van der Waals surface area contributed by atoms with Crippen LogP contribution in [0.15, 0.2) is 163 Å². The van der Waals surface area contributed by atoms with Crippen molar-refractivity contribution < 1.29 is 24.4 Å². The second-order valence-corrected chi connectivity index (χ2v) is 15.5. The number of carbonyl (C=O) groups excluding carboxylic acids is 2. The van der Waals surface area contributed by atoms with Gasteiger partial charge in [-0.2, -0.15) is 9.90 Å². The summed E-state index contributed by atoms with van der Waals surface area (Å²) in [6.45, 7) is 0. The molecule has 0 radical (unpaired) electrons. The largest absolute Gasteiger partial charge is 0.393 e. The van der Waals surface area contributed by atoms with Gasteiger partial charge in [0.1, 0.15) is 17.1 Å². The van der Waals surface area contributed by atoms with E-state index >= 15 is 0 Å². The lowest BCUT2D eigenvalue weighted by atomic mass is 10.1. The van der Waals surface area contributed by atoms with Crippen LogP contribution >= 0.6 is 39.9 Å². The van der Waals surface area contributed by atoms with Crippen molar-refractivity contribution in [2.45, 2.75) is 5.16 Å². The molecule has 9 aromatic rings. The van der Waals surface area contributed by atoms with E-state index in [0.29, 0.717) is 9.93 Å². The lowest BCUT2D eigenvalue weighted by Gasteiger charge is -2.08. The van der Waals surface area contributed by atoms with Crippen LogP contribution < -0.4 is 16.4 Å². The van der Waals surface area contributed by atoms with Gasteiger partial charge in [0.05, 0.1) is 37.2 Å². The Hall–Kier alpha value is -8.81. The minimum Gasteiger partial charge on any atom is -0.393 e. The van der Waals surface area contributed by atoms with Crippen LogP contribution in [0.5, 0.6) is 0 Å². The number of halogens is 1. The number of anilines is 3. The third-order valence-electron chi connectivity index (χ3n) is 9.25. The van der Waals surface area contributed by atoms with E-state index in [1.807, 2.05) is 72.8 Å². The van der Waals surface area contributed by atoms with Crippen LogP contribution in [-0.4, -0.2) is 78.1 Å². The Bertz CT molecular complexity index is 3340. The van der Waals surface area contributed by atoms with Gasteiger partial charge in [0.2, 0.25) is 21.7 Å². The summed E-state index contributed by atoms with van der Waals surface area (Å²) in [4.78, 5) is 53.5. The van der Waals surface area contributed by atoms with Crippen molar-refractivity contribution in [2.24, 2.45) is 0 Å². The Kier molecular flexibility index (Phi) is 17.3. The molecule has 0 spiro atoms. The number of nitro benzene ring substituents is 3. The number of aromatic amines is 1. The molecule has 69 heavy (non-hydrogen) atoms. The molecule has 0 atom stereocenters. The summed E-state index contributed by atoms with van der Waals surface area (Å²) in [5.74, 6) is -0.715. The number of carbonyl (C=O) groups is 2.